The number of halogens is 4. The second-order valence-corrected chi connectivity index (χ2v) is 7.17. The Labute approximate surface area is 146 Å². The largest absolute Gasteiger partial charge is 0.379 e. The van der Waals surface area contributed by atoms with Gasteiger partial charge < -0.3 is 5.32 Å². The highest BCUT2D eigenvalue weighted by Crippen LogP contribution is 2.37. The average molecular weight is 377 g/mol. The van der Waals surface area contributed by atoms with E-state index in [0.29, 0.717) is 21.6 Å². The summed E-state index contributed by atoms with van der Waals surface area (Å²) in [5.74, 6) is 0. The topological polar surface area (TPSA) is 12.0 Å². The van der Waals surface area contributed by atoms with E-state index in [-0.39, 0.29) is 0 Å². The average Bonchev–Trinajstić information content (AvgIpc) is 2.79. The molecule has 0 bridgehead atoms. The number of fused-ring (bicyclic) bond motifs is 1. The zero-order chi connectivity index (χ0) is 15.0. The fraction of sp³-hybridized carbons (Fsp3) is 0.0667. The van der Waals surface area contributed by atoms with E-state index >= 15 is 0 Å². The highest BCUT2D eigenvalue weighted by Gasteiger charge is 2.11. The van der Waals surface area contributed by atoms with Crippen molar-refractivity contribution < 1.29 is 0 Å². The summed E-state index contributed by atoms with van der Waals surface area (Å²) in [5, 5.41) is 6.53. The van der Waals surface area contributed by atoms with Crippen LogP contribution in [-0.2, 0) is 6.54 Å². The molecule has 108 valence electrons. The number of hydrogen-bond donors (Lipinski definition) is 1. The quantitative estimate of drug-likeness (QED) is 0.479. The Bertz CT molecular complexity index is 813. The number of hydrogen-bond acceptors (Lipinski definition) is 2. The molecule has 0 saturated heterocycles. The van der Waals surface area contributed by atoms with Crippen LogP contribution < -0.4 is 5.32 Å². The molecule has 3 aromatic rings. The van der Waals surface area contributed by atoms with Crippen molar-refractivity contribution in [1.29, 1.82) is 0 Å². The summed E-state index contributed by atoms with van der Waals surface area (Å²) in [5.41, 5.74) is 0.736. The molecule has 2 aromatic carbocycles. The van der Waals surface area contributed by atoms with E-state index in [0.717, 1.165) is 21.0 Å². The predicted molar refractivity (Wildman–Crippen MR) is 95.6 cm³/mol. The molecule has 0 aliphatic carbocycles. The Morgan fingerprint density at radius 2 is 1.62 bits per heavy atom. The number of rotatable bonds is 3. The minimum atomic E-state index is 0.437. The molecule has 0 aliphatic heterocycles. The maximum Gasteiger partial charge on any atom is 0.0653 e. The van der Waals surface area contributed by atoms with Gasteiger partial charge in [0.05, 0.1) is 32.3 Å². The third-order valence-electron chi connectivity index (χ3n) is 3.05. The molecule has 1 N–H and O–H groups in total. The van der Waals surface area contributed by atoms with Crippen LogP contribution in [0.3, 0.4) is 0 Å². The number of anilines is 1. The van der Waals surface area contributed by atoms with E-state index in [2.05, 4.69) is 11.4 Å². The van der Waals surface area contributed by atoms with Crippen molar-refractivity contribution in [3.8, 4) is 0 Å². The maximum absolute atomic E-state index is 6.41. The van der Waals surface area contributed by atoms with Crippen molar-refractivity contribution in [2.75, 3.05) is 5.32 Å². The lowest BCUT2D eigenvalue weighted by Crippen LogP contribution is -1.98. The van der Waals surface area contributed by atoms with Gasteiger partial charge in [0.2, 0.25) is 0 Å². The van der Waals surface area contributed by atoms with Crippen LogP contribution in [-0.4, -0.2) is 0 Å². The number of benzene rings is 2. The summed E-state index contributed by atoms with van der Waals surface area (Å²) in [7, 11) is 0. The molecule has 0 radical (unpaired) electrons. The minimum absolute atomic E-state index is 0.437. The molecule has 21 heavy (non-hydrogen) atoms. The summed E-state index contributed by atoms with van der Waals surface area (Å²) < 4.78 is 1.17. The van der Waals surface area contributed by atoms with E-state index in [1.165, 1.54) is 4.70 Å². The van der Waals surface area contributed by atoms with E-state index in [9.17, 15) is 0 Å². The molecule has 0 atom stereocenters. The first-order valence-corrected chi connectivity index (χ1v) is 8.43. The van der Waals surface area contributed by atoms with E-state index in [1.807, 2.05) is 18.2 Å². The van der Waals surface area contributed by atoms with Gasteiger partial charge >= 0.3 is 0 Å². The molecule has 1 aromatic heterocycles. The molecule has 6 heteroatoms. The lowest BCUT2D eigenvalue weighted by atomic mass is 10.2. The molecular weight excluding hydrogens is 368 g/mol. The first-order chi connectivity index (χ1) is 10.1. The summed E-state index contributed by atoms with van der Waals surface area (Å²) >= 11 is 26.1. The fourth-order valence-corrected chi connectivity index (χ4v) is 4.06. The van der Waals surface area contributed by atoms with Crippen molar-refractivity contribution in [3.63, 3.8) is 0 Å². The Balaban J connectivity index is 1.87. The number of nitrogens with one attached hydrogen (secondary N) is 1. The molecule has 0 spiro atoms. The predicted octanol–water partition coefficient (Wildman–Crippen LogP) is 7.13. The van der Waals surface area contributed by atoms with Crippen molar-refractivity contribution in [1.82, 2.24) is 0 Å². The molecule has 0 unspecified atom stereocenters. The lowest BCUT2D eigenvalue weighted by molar-refractivity contribution is 1.19. The Hall–Kier alpha value is -0.640. The first-order valence-electron chi connectivity index (χ1n) is 6.10. The van der Waals surface area contributed by atoms with Gasteiger partial charge in [-0.25, -0.2) is 0 Å². The van der Waals surface area contributed by atoms with Crippen LogP contribution in [0.4, 0.5) is 5.69 Å². The van der Waals surface area contributed by atoms with Crippen molar-refractivity contribution in [2.45, 2.75) is 6.54 Å². The van der Waals surface area contributed by atoms with Crippen LogP contribution in [0.5, 0.6) is 0 Å². The molecule has 0 amide bonds. The summed E-state index contributed by atoms with van der Waals surface area (Å²) in [4.78, 5) is 1.06. The van der Waals surface area contributed by atoms with Crippen LogP contribution in [0, 0.1) is 0 Å². The van der Waals surface area contributed by atoms with E-state index in [4.69, 9.17) is 46.4 Å². The van der Waals surface area contributed by atoms with Gasteiger partial charge in [0.25, 0.3) is 0 Å². The third kappa shape index (κ3) is 3.10. The maximum atomic E-state index is 6.41. The highest BCUT2D eigenvalue weighted by molar-refractivity contribution is 7.19. The molecule has 0 saturated carbocycles. The molecule has 0 fully saturated rings. The van der Waals surface area contributed by atoms with Gasteiger partial charge in [-0.3, -0.25) is 0 Å². The summed E-state index contributed by atoms with van der Waals surface area (Å²) in [6.45, 7) is 0.579. The van der Waals surface area contributed by atoms with Crippen molar-refractivity contribution in [3.05, 3.63) is 61.4 Å². The molecule has 1 nitrogen and oxygen atoms in total. The highest BCUT2D eigenvalue weighted by atomic mass is 35.5. The van der Waals surface area contributed by atoms with Gasteiger partial charge in [-0.1, -0.05) is 64.6 Å². The van der Waals surface area contributed by atoms with Crippen molar-refractivity contribution >= 4 is 73.5 Å². The van der Waals surface area contributed by atoms with Crippen LogP contribution in [0.25, 0.3) is 10.1 Å². The Kier molecular flexibility index (Phi) is 4.53. The van der Waals surface area contributed by atoms with Gasteiger partial charge in [-0.15, -0.1) is 11.3 Å². The third-order valence-corrected chi connectivity index (χ3v) is 5.80. The monoisotopic (exact) mass is 375 g/mol. The van der Waals surface area contributed by atoms with Crippen LogP contribution in [0.15, 0.2) is 36.4 Å². The SMILES string of the molecule is Clc1cc(Cl)c(NCc2sc3ccccc3c2Cl)cc1Cl. The van der Waals surface area contributed by atoms with Gasteiger partial charge in [0.15, 0.2) is 0 Å². The molecule has 0 aliphatic rings. The number of thiophene rings is 1. The van der Waals surface area contributed by atoms with Gasteiger partial charge in [0, 0.05) is 15.0 Å². The van der Waals surface area contributed by atoms with Crippen molar-refractivity contribution in [2.24, 2.45) is 0 Å². The second-order valence-electron chi connectivity index (χ2n) is 4.44. The minimum Gasteiger partial charge on any atom is -0.379 e. The van der Waals surface area contributed by atoms with E-state index in [1.54, 1.807) is 23.5 Å². The fourth-order valence-electron chi connectivity index (χ4n) is 2.01. The molecule has 1 heterocycles. The Morgan fingerprint density at radius 3 is 2.38 bits per heavy atom. The normalized spacial score (nSPS) is 11.0. The lowest BCUT2D eigenvalue weighted by Gasteiger charge is -2.09. The smallest absolute Gasteiger partial charge is 0.0653 e. The molecular formula is C15H9Cl4NS. The van der Waals surface area contributed by atoms with Crippen LogP contribution in [0.1, 0.15) is 4.88 Å². The zero-order valence-electron chi connectivity index (χ0n) is 10.6. The molecule has 3 rings (SSSR count). The summed E-state index contributed by atoms with van der Waals surface area (Å²) in [6, 6.07) is 11.4. The summed E-state index contributed by atoms with van der Waals surface area (Å²) in [6.07, 6.45) is 0. The van der Waals surface area contributed by atoms with Gasteiger partial charge in [0.1, 0.15) is 0 Å². The standard InChI is InChI=1S/C15H9Cl4NS/c16-9-5-11(18)12(6-10(9)17)20-7-14-15(19)8-3-1-2-4-13(8)21-14/h1-6,20H,7H2. The second kappa shape index (κ2) is 6.23. The zero-order valence-corrected chi connectivity index (χ0v) is 14.4. The first kappa shape index (κ1) is 15.3. The van der Waals surface area contributed by atoms with Crippen LogP contribution >= 0.6 is 57.7 Å². The van der Waals surface area contributed by atoms with Gasteiger partial charge in [-0.2, -0.15) is 0 Å². The van der Waals surface area contributed by atoms with Gasteiger partial charge in [-0.05, 0) is 18.2 Å². The van der Waals surface area contributed by atoms with Crippen LogP contribution in [0.2, 0.25) is 20.1 Å². The van der Waals surface area contributed by atoms with E-state index < -0.39 is 0 Å². The Morgan fingerprint density at radius 1 is 0.905 bits per heavy atom.